The first kappa shape index (κ1) is 15.2. The minimum Gasteiger partial charge on any atom is -0.337 e. The number of rotatable bonds is 3. The largest absolute Gasteiger partial charge is 0.337 e. The number of benzene rings is 1. The molecule has 116 valence electrons. The number of carbonyl (C=O) groups is 1. The summed E-state index contributed by atoms with van der Waals surface area (Å²) < 4.78 is 0. The highest BCUT2D eigenvalue weighted by atomic mass is 32.1. The topological polar surface area (TPSA) is 59.2 Å². The van der Waals surface area contributed by atoms with E-state index in [4.69, 9.17) is 5.73 Å². The molecule has 2 aromatic rings. The molecule has 1 aromatic heterocycles. The summed E-state index contributed by atoms with van der Waals surface area (Å²) in [4.78, 5) is 19.0. The lowest BCUT2D eigenvalue weighted by Crippen LogP contribution is -2.34. The maximum Gasteiger partial charge on any atom is 0.273 e. The van der Waals surface area contributed by atoms with Crippen molar-refractivity contribution in [3.63, 3.8) is 0 Å². The van der Waals surface area contributed by atoms with Crippen LogP contribution in [0.2, 0.25) is 0 Å². The van der Waals surface area contributed by atoms with Crippen LogP contribution in [0, 0.1) is 12.3 Å². The molecular weight excluding hydrogens is 294 g/mol. The zero-order chi connectivity index (χ0) is 15.7. The van der Waals surface area contributed by atoms with Crippen LogP contribution in [0.3, 0.4) is 0 Å². The summed E-state index contributed by atoms with van der Waals surface area (Å²) in [5.74, 6) is 0.0215. The van der Waals surface area contributed by atoms with Gasteiger partial charge in [0.15, 0.2) is 0 Å². The number of hydrogen-bond acceptors (Lipinski definition) is 4. The van der Waals surface area contributed by atoms with Crippen LogP contribution in [0.4, 0.5) is 0 Å². The zero-order valence-electron chi connectivity index (χ0n) is 13.0. The van der Waals surface area contributed by atoms with Crippen molar-refractivity contribution in [2.75, 3.05) is 19.6 Å². The van der Waals surface area contributed by atoms with Crippen molar-refractivity contribution in [1.82, 2.24) is 9.88 Å². The first-order valence-corrected chi connectivity index (χ1v) is 8.41. The third-order valence-corrected chi connectivity index (χ3v) is 5.31. The molecule has 1 amide bonds. The van der Waals surface area contributed by atoms with Crippen LogP contribution in [0.15, 0.2) is 29.6 Å². The molecule has 2 heterocycles. The number of likely N-dealkylation sites (tertiary alicyclic amines) is 1. The Morgan fingerprint density at radius 2 is 2.23 bits per heavy atom. The number of hydrogen-bond donors (Lipinski definition) is 1. The Kier molecular flexibility index (Phi) is 4.02. The summed E-state index contributed by atoms with van der Waals surface area (Å²) >= 11 is 1.53. The van der Waals surface area contributed by atoms with Crippen LogP contribution in [-0.4, -0.2) is 35.4 Å². The van der Waals surface area contributed by atoms with Gasteiger partial charge in [-0.3, -0.25) is 4.79 Å². The summed E-state index contributed by atoms with van der Waals surface area (Å²) in [7, 11) is 0. The van der Waals surface area contributed by atoms with Crippen molar-refractivity contribution in [1.29, 1.82) is 0 Å². The molecule has 1 aromatic carbocycles. The van der Waals surface area contributed by atoms with Crippen molar-refractivity contribution in [3.05, 3.63) is 40.9 Å². The molecule has 1 saturated heterocycles. The Labute approximate surface area is 135 Å². The van der Waals surface area contributed by atoms with E-state index in [0.29, 0.717) is 12.2 Å². The van der Waals surface area contributed by atoms with E-state index < -0.39 is 0 Å². The number of aromatic nitrogens is 1. The third kappa shape index (κ3) is 2.78. The summed E-state index contributed by atoms with van der Waals surface area (Å²) in [5, 5.41) is 2.77. The fourth-order valence-corrected chi connectivity index (χ4v) is 3.72. The molecule has 0 spiro atoms. The van der Waals surface area contributed by atoms with Crippen molar-refractivity contribution in [3.8, 4) is 10.6 Å². The van der Waals surface area contributed by atoms with Crippen LogP contribution in [0.1, 0.15) is 29.4 Å². The van der Waals surface area contributed by atoms with Gasteiger partial charge in [0, 0.05) is 24.0 Å². The highest BCUT2D eigenvalue weighted by Crippen LogP contribution is 2.31. The van der Waals surface area contributed by atoms with E-state index in [1.54, 1.807) is 0 Å². The van der Waals surface area contributed by atoms with Gasteiger partial charge < -0.3 is 10.6 Å². The Morgan fingerprint density at radius 3 is 2.91 bits per heavy atom. The molecular formula is C17H21N3OS. The fourth-order valence-electron chi connectivity index (χ4n) is 2.83. The van der Waals surface area contributed by atoms with Gasteiger partial charge in [-0.15, -0.1) is 11.3 Å². The summed E-state index contributed by atoms with van der Waals surface area (Å²) in [6, 6.07) is 8.12. The number of nitrogens with zero attached hydrogens (tertiary/aromatic N) is 2. The van der Waals surface area contributed by atoms with Crippen LogP contribution in [0.5, 0.6) is 0 Å². The predicted octanol–water partition coefficient (Wildman–Crippen LogP) is 2.93. The van der Waals surface area contributed by atoms with Crippen molar-refractivity contribution in [2.24, 2.45) is 11.1 Å². The van der Waals surface area contributed by atoms with E-state index in [9.17, 15) is 4.79 Å². The van der Waals surface area contributed by atoms with Gasteiger partial charge in [-0.25, -0.2) is 4.98 Å². The summed E-state index contributed by atoms with van der Waals surface area (Å²) in [5.41, 5.74) is 8.68. The second-order valence-electron chi connectivity index (χ2n) is 6.34. The van der Waals surface area contributed by atoms with Gasteiger partial charge in [-0.1, -0.05) is 31.2 Å². The predicted molar refractivity (Wildman–Crippen MR) is 90.0 cm³/mol. The van der Waals surface area contributed by atoms with Gasteiger partial charge in [-0.05, 0) is 30.9 Å². The second kappa shape index (κ2) is 5.82. The van der Waals surface area contributed by atoms with E-state index in [1.807, 2.05) is 28.5 Å². The highest BCUT2D eigenvalue weighted by Gasteiger charge is 2.35. The molecule has 4 nitrogen and oxygen atoms in total. The van der Waals surface area contributed by atoms with Crippen LogP contribution in [0.25, 0.3) is 10.6 Å². The molecule has 1 aliphatic rings. The van der Waals surface area contributed by atoms with Crippen molar-refractivity contribution in [2.45, 2.75) is 20.3 Å². The average molecular weight is 315 g/mol. The van der Waals surface area contributed by atoms with Gasteiger partial charge in [0.1, 0.15) is 10.7 Å². The van der Waals surface area contributed by atoms with E-state index >= 15 is 0 Å². The molecule has 0 bridgehead atoms. The minimum atomic E-state index is 0.0215. The minimum absolute atomic E-state index is 0.0215. The van der Waals surface area contributed by atoms with Gasteiger partial charge >= 0.3 is 0 Å². The highest BCUT2D eigenvalue weighted by molar-refractivity contribution is 7.13. The zero-order valence-corrected chi connectivity index (χ0v) is 13.8. The maximum absolute atomic E-state index is 12.6. The standard InChI is InChI=1S/C17H21N3OS/c1-12-5-3-4-6-13(12)15-19-14(9-22-15)16(21)20-8-7-17(2,10-18)11-20/h3-6,9H,7-8,10-11,18H2,1-2H3. The Balaban J connectivity index is 1.80. The molecule has 3 rings (SSSR count). The molecule has 22 heavy (non-hydrogen) atoms. The van der Waals surface area contributed by atoms with E-state index in [-0.39, 0.29) is 11.3 Å². The number of aryl methyl sites for hydroxylation is 1. The molecule has 1 aliphatic heterocycles. The van der Waals surface area contributed by atoms with E-state index in [0.717, 1.165) is 30.1 Å². The maximum atomic E-state index is 12.6. The number of amides is 1. The smallest absolute Gasteiger partial charge is 0.273 e. The third-order valence-electron chi connectivity index (χ3n) is 4.44. The van der Waals surface area contributed by atoms with Gasteiger partial charge in [0.2, 0.25) is 0 Å². The Hall–Kier alpha value is -1.72. The first-order chi connectivity index (χ1) is 10.5. The lowest BCUT2D eigenvalue weighted by Gasteiger charge is -2.22. The summed E-state index contributed by atoms with van der Waals surface area (Å²) in [6.45, 7) is 6.30. The number of thiazole rings is 1. The van der Waals surface area contributed by atoms with Crippen LogP contribution >= 0.6 is 11.3 Å². The van der Waals surface area contributed by atoms with Gasteiger partial charge in [0.25, 0.3) is 5.91 Å². The molecule has 1 atom stereocenters. The lowest BCUT2D eigenvalue weighted by atomic mass is 9.90. The van der Waals surface area contributed by atoms with E-state index in [1.165, 1.54) is 16.9 Å². The van der Waals surface area contributed by atoms with Crippen LogP contribution in [-0.2, 0) is 0 Å². The monoisotopic (exact) mass is 315 g/mol. The quantitative estimate of drug-likeness (QED) is 0.947. The molecule has 0 radical (unpaired) electrons. The van der Waals surface area contributed by atoms with Crippen LogP contribution < -0.4 is 5.73 Å². The van der Waals surface area contributed by atoms with Crippen molar-refractivity contribution < 1.29 is 4.79 Å². The Morgan fingerprint density at radius 1 is 1.45 bits per heavy atom. The number of carbonyl (C=O) groups excluding carboxylic acids is 1. The number of nitrogens with two attached hydrogens (primary N) is 1. The lowest BCUT2D eigenvalue weighted by molar-refractivity contribution is 0.0772. The van der Waals surface area contributed by atoms with Crippen molar-refractivity contribution >= 4 is 17.2 Å². The molecule has 0 aliphatic carbocycles. The van der Waals surface area contributed by atoms with Gasteiger partial charge in [-0.2, -0.15) is 0 Å². The normalized spacial score (nSPS) is 21.3. The van der Waals surface area contributed by atoms with E-state index in [2.05, 4.69) is 24.9 Å². The average Bonchev–Trinajstić information content (AvgIpc) is 3.15. The second-order valence-corrected chi connectivity index (χ2v) is 7.20. The summed E-state index contributed by atoms with van der Waals surface area (Å²) in [6.07, 6.45) is 0.962. The molecule has 1 unspecified atom stereocenters. The molecule has 2 N–H and O–H groups in total. The molecule has 1 fully saturated rings. The molecule has 0 saturated carbocycles. The van der Waals surface area contributed by atoms with Gasteiger partial charge in [0.05, 0.1) is 0 Å². The SMILES string of the molecule is Cc1ccccc1-c1nc(C(=O)N2CCC(C)(CN)C2)cs1. The first-order valence-electron chi connectivity index (χ1n) is 7.53. The fraction of sp³-hybridized carbons (Fsp3) is 0.412. The molecule has 5 heteroatoms. The Bertz CT molecular complexity index is 697.